The monoisotopic (exact) mass is 366 g/mol. The predicted molar refractivity (Wildman–Crippen MR) is 103 cm³/mol. The van der Waals surface area contributed by atoms with Crippen LogP contribution in [-0.2, 0) is 11.8 Å². The first kappa shape index (κ1) is 17.2. The number of nitrogens with one attached hydrogen (secondary N) is 1. The third-order valence-corrected chi connectivity index (χ3v) is 4.86. The zero-order valence-corrected chi connectivity index (χ0v) is 15.4. The van der Waals surface area contributed by atoms with Gasteiger partial charge in [-0.2, -0.15) is 0 Å². The fraction of sp³-hybridized carbons (Fsp3) is 0.389. The highest BCUT2D eigenvalue weighted by molar-refractivity contribution is 5.86. The van der Waals surface area contributed by atoms with Crippen LogP contribution in [-0.4, -0.2) is 54.4 Å². The lowest BCUT2D eigenvalue weighted by Crippen LogP contribution is -2.31. The zero-order valence-electron chi connectivity index (χ0n) is 15.4. The molecule has 9 heteroatoms. The largest absolute Gasteiger partial charge is 0.397 e. The molecule has 27 heavy (non-hydrogen) atoms. The minimum absolute atomic E-state index is 0.151. The van der Waals surface area contributed by atoms with Gasteiger partial charge in [0.1, 0.15) is 12.2 Å². The predicted octanol–water partition coefficient (Wildman–Crippen LogP) is 1.43. The van der Waals surface area contributed by atoms with E-state index in [1.165, 1.54) is 6.33 Å². The van der Waals surface area contributed by atoms with Crippen molar-refractivity contribution in [2.45, 2.75) is 25.8 Å². The number of pyridine rings is 1. The SMILES string of the molecule is CCC(=O)N1CCC(Nc2ncnc3c2nc(-c2cncc(N)c2)n3C)C1. The van der Waals surface area contributed by atoms with Crippen LogP contribution in [0.5, 0.6) is 0 Å². The van der Waals surface area contributed by atoms with E-state index < -0.39 is 0 Å². The number of nitrogens with two attached hydrogens (primary N) is 1. The maximum absolute atomic E-state index is 11.9. The average molecular weight is 366 g/mol. The van der Waals surface area contributed by atoms with E-state index in [4.69, 9.17) is 10.7 Å². The summed E-state index contributed by atoms with van der Waals surface area (Å²) >= 11 is 0. The Kier molecular flexibility index (Phi) is 4.35. The molecule has 4 rings (SSSR count). The Hall–Kier alpha value is -3.23. The Balaban J connectivity index is 1.65. The average Bonchev–Trinajstić information content (AvgIpc) is 3.27. The quantitative estimate of drug-likeness (QED) is 0.718. The molecule has 0 spiro atoms. The van der Waals surface area contributed by atoms with Gasteiger partial charge in [0, 0.05) is 50.6 Å². The molecule has 0 radical (unpaired) electrons. The van der Waals surface area contributed by atoms with Gasteiger partial charge in [-0.1, -0.05) is 6.92 Å². The summed E-state index contributed by atoms with van der Waals surface area (Å²) in [5, 5.41) is 3.44. The number of anilines is 2. The van der Waals surface area contributed by atoms with Gasteiger partial charge in [0.05, 0.1) is 5.69 Å². The van der Waals surface area contributed by atoms with Crippen molar-refractivity contribution >= 4 is 28.6 Å². The molecule has 9 nitrogen and oxygen atoms in total. The van der Waals surface area contributed by atoms with E-state index in [-0.39, 0.29) is 11.9 Å². The summed E-state index contributed by atoms with van der Waals surface area (Å²) in [5.41, 5.74) is 8.68. The lowest BCUT2D eigenvalue weighted by molar-refractivity contribution is -0.129. The number of hydrogen-bond donors (Lipinski definition) is 2. The molecule has 1 unspecified atom stereocenters. The zero-order chi connectivity index (χ0) is 19.0. The van der Waals surface area contributed by atoms with E-state index in [1.807, 2.05) is 29.5 Å². The highest BCUT2D eigenvalue weighted by Gasteiger charge is 2.26. The van der Waals surface area contributed by atoms with E-state index in [0.717, 1.165) is 30.0 Å². The molecule has 1 aliphatic heterocycles. The Morgan fingerprint density at radius 2 is 2.22 bits per heavy atom. The summed E-state index contributed by atoms with van der Waals surface area (Å²) in [6, 6.07) is 1.98. The molecule has 1 aliphatic rings. The smallest absolute Gasteiger partial charge is 0.222 e. The van der Waals surface area contributed by atoms with Gasteiger partial charge >= 0.3 is 0 Å². The number of hydrogen-bond acceptors (Lipinski definition) is 7. The van der Waals surface area contributed by atoms with Crippen molar-refractivity contribution in [1.29, 1.82) is 0 Å². The van der Waals surface area contributed by atoms with Crippen LogP contribution in [0, 0.1) is 0 Å². The van der Waals surface area contributed by atoms with Gasteiger partial charge in [-0.25, -0.2) is 15.0 Å². The minimum Gasteiger partial charge on any atom is -0.397 e. The Morgan fingerprint density at radius 1 is 1.37 bits per heavy atom. The Labute approximate surface area is 156 Å². The number of aryl methyl sites for hydroxylation is 1. The molecule has 1 saturated heterocycles. The molecule has 140 valence electrons. The fourth-order valence-corrected chi connectivity index (χ4v) is 3.46. The number of amides is 1. The second-order valence-electron chi connectivity index (χ2n) is 6.72. The topological polar surface area (TPSA) is 115 Å². The third-order valence-electron chi connectivity index (χ3n) is 4.86. The molecule has 3 N–H and O–H groups in total. The van der Waals surface area contributed by atoms with Gasteiger partial charge < -0.3 is 20.5 Å². The number of aromatic nitrogens is 5. The minimum atomic E-state index is 0.151. The van der Waals surface area contributed by atoms with Crippen molar-refractivity contribution < 1.29 is 4.79 Å². The molecule has 0 aromatic carbocycles. The standard InChI is InChI=1S/C18H22N8O/c1-3-14(27)26-5-4-13(9-26)23-16-15-18(22-10-21-16)25(2)17(24-15)11-6-12(19)8-20-7-11/h6-8,10,13H,3-5,9,19H2,1-2H3,(H,21,22,23). The van der Waals surface area contributed by atoms with Crippen LogP contribution < -0.4 is 11.1 Å². The molecule has 1 atom stereocenters. The summed E-state index contributed by atoms with van der Waals surface area (Å²) in [7, 11) is 1.90. The molecule has 1 amide bonds. The molecular formula is C18H22N8O. The maximum Gasteiger partial charge on any atom is 0.222 e. The first-order valence-electron chi connectivity index (χ1n) is 8.99. The number of carbonyl (C=O) groups is 1. The van der Waals surface area contributed by atoms with Gasteiger partial charge in [0.15, 0.2) is 17.0 Å². The van der Waals surface area contributed by atoms with Gasteiger partial charge in [0.2, 0.25) is 5.91 Å². The van der Waals surface area contributed by atoms with E-state index in [9.17, 15) is 4.79 Å². The molecular weight excluding hydrogens is 344 g/mol. The molecule has 0 bridgehead atoms. The number of nitrogen functional groups attached to an aromatic ring is 1. The van der Waals surface area contributed by atoms with Crippen LogP contribution in [0.2, 0.25) is 0 Å². The number of rotatable bonds is 4. The van der Waals surface area contributed by atoms with E-state index >= 15 is 0 Å². The fourth-order valence-electron chi connectivity index (χ4n) is 3.46. The summed E-state index contributed by atoms with van der Waals surface area (Å²) < 4.78 is 1.90. The van der Waals surface area contributed by atoms with Crippen LogP contribution in [0.3, 0.4) is 0 Å². The van der Waals surface area contributed by atoms with Gasteiger partial charge in [-0.3, -0.25) is 9.78 Å². The molecule has 4 heterocycles. The van der Waals surface area contributed by atoms with Crippen LogP contribution in [0.4, 0.5) is 11.5 Å². The van der Waals surface area contributed by atoms with Crippen LogP contribution in [0.25, 0.3) is 22.6 Å². The Bertz CT molecular complexity index is 998. The second-order valence-corrected chi connectivity index (χ2v) is 6.72. The number of carbonyl (C=O) groups excluding carboxylic acids is 1. The summed E-state index contributed by atoms with van der Waals surface area (Å²) in [6.07, 6.45) is 6.27. The van der Waals surface area contributed by atoms with Gasteiger partial charge in [-0.15, -0.1) is 0 Å². The number of nitrogens with zero attached hydrogens (tertiary/aromatic N) is 6. The van der Waals surface area contributed by atoms with Crippen molar-refractivity contribution in [3.8, 4) is 11.4 Å². The molecule has 0 aliphatic carbocycles. The normalized spacial score (nSPS) is 16.8. The molecule has 1 fully saturated rings. The number of imidazole rings is 1. The van der Waals surface area contributed by atoms with Crippen LogP contribution in [0.15, 0.2) is 24.8 Å². The van der Waals surface area contributed by atoms with Crippen molar-refractivity contribution in [1.82, 2.24) is 29.4 Å². The van der Waals surface area contributed by atoms with Crippen LogP contribution in [0.1, 0.15) is 19.8 Å². The molecule has 3 aromatic heterocycles. The third kappa shape index (κ3) is 3.16. The van der Waals surface area contributed by atoms with Crippen molar-refractivity contribution in [2.24, 2.45) is 7.05 Å². The van der Waals surface area contributed by atoms with Crippen molar-refractivity contribution in [3.05, 3.63) is 24.8 Å². The van der Waals surface area contributed by atoms with Gasteiger partial charge in [-0.05, 0) is 12.5 Å². The van der Waals surface area contributed by atoms with Crippen molar-refractivity contribution in [3.63, 3.8) is 0 Å². The lowest BCUT2D eigenvalue weighted by atomic mass is 10.2. The number of likely N-dealkylation sites (tertiary alicyclic amines) is 1. The molecule has 3 aromatic rings. The maximum atomic E-state index is 11.9. The highest BCUT2D eigenvalue weighted by atomic mass is 16.2. The van der Waals surface area contributed by atoms with Crippen LogP contribution >= 0.6 is 0 Å². The van der Waals surface area contributed by atoms with E-state index in [2.05, 4.69) is 20.3 Å². The summed E-state index contributed by atoms with van der Waals surface area (Å²) in [6.45, 7) is 3.33. The first-order valence-corrected chi connectivity index (χ1v) is 8.99. The Morgan fingerprint density at radius 3 is 3.00 bits per heavy atom. The summed E-state index contributed by atoms with van der Waals surface area (Å²) in [4.78, 5) is 31.4. The van der Waals surface area contributed by atoms with Crippen molar-refractivity contribution in [2.75, 3.05) is 24.1 Å². The highest BCUT2D eigenvalue weighted by Crippen LogP contribution is 2.27. The van der Waals surface area contributed by atoms with E-state index in [1.54, 1.807) is 12.4 Å². The van der Waals surface area contributed by atoms with E-state index in [0.29, 0.717) is 30.0 Å². The first-order chi connectivity index (χ1) is 13.1. The lowest BCUT2D eigenvalue weighted by Gasteiger charge is -2.16. The summed E-state index contributed by atoms with van der Waals surface area (Å²) in [5.74, 6) is 1.58. The van der Waals surface area contributed by atoms with Gasteiger partial charge in [0.25, 0.3) is 0 Å². The molecule has 0 saturated carbocycles. The second kappa shape index (κ2) is 6.82. The number of fused-ring (bicyclic) bond motifs is 1.